The Labute approximate surface area is 145 Å². The number of aryl methyl sites for hydroxylation is 1. The van der Waals surface area contributed by atoms with E-state index in [9.17, 15) is 0 Å². The summed E-state index contributed by atoms with van der Waals surface area (Å²) < 4.78 is 3.05. The molecule has 0 saturated heterocycles. The molecule has 0 aliphatic carbocycles. The molecule has 0 nitrogen and oxygen atoms in total. The first-order valence-electron chi connectivity index (χ1n) is 9.08. The zero-order valence-electron chi connectivity index (χ0n) is 14.5. The van der Waals surface area contributed by atoms with Gasteiger partial charge in [0.25, 0.3) is 0 Å². The van der Waals surface area contributed by atoms with Crippen LogP contribution in [0.5, 0.6) is 0 Å². The van der Waals surface area contributed by atoms with Crippen molar-refractivity contribution in [3.05, 3.63) is 28.3 Å². The van der Waals surface area contributed by atoms with Crippen LogP contribution < -0.4 is 0 Å². The molecule has 2 aromatic heterocycles. The van der Waals surface area contributed by atoms with E-state index in [-0.39, 0.29) is 0 Å². The van der Waals surface area contributed by atoms with Gasteiger partial charge in [-0.3, -0.25) is 0 Å². The summed E-state index contributed by atoms with van der Waals surface area (Å²) >= 11 is 4.06. The molecule has 0 aromatic carbocycles. The van der Waals surface area contributed by atoms with Crippen molar-refractivity contribution in [1.82, 2.24) is 0 Å². The number of hydrogen-bond donors (Lipinski definition) is 0. The smallest absolute Gasteiger partial charge is 0.0456 e. The molecule has 0 amide bonds. The average molecular weight is 336 g/mol. The van der Waals surface area contributed by atoms with E-state index in [0.29, 0.717) is 5.92 Å². The van der Waals surface area contributed by atoms with Crippen LogP contribution in [0.3, 0.4) is 0 Å². The van der Waals surface area contributed by atoms with E-state index in [2.05, 4.69) is 39.3 Å². The van der Waals surface area contributed by atoms with Gasteiger partial charge in [0, 0.05) is 19.2 Å². The maximum Gasteiger partial charge on any atom is 0.0456 e. The van der Waals surface area contributed by atoms with Crippen LogP contribution in [0.2, 0.25) is 0 Å². The summed E-state index contributed by atoms with van der Waals surface area (Å²) in [5.41, 5.74) is 0. The molecular formula is C20H31S2. The van der Waals surface area contributed by atoms with Gasteiger partial charge in [-0.05, 0) is 50.2 Å². The Hall–Kier alpha value is -0.340. The molecule has 22 heavy (non-hydrogen) atoms. The zero-order chi connectivity index (χ0) is 15.8. The molecule has 2 heterocycles. The van der Waals surface area contributed by atoms with Crippen LogP contribution in [0.4, 0.5) is 0 Å². The van der Waals surface area contributed by atoms with Gasteiger partial charge >= 0.3 is 0 Å². The van der Waals surface area contributed by atoms with Crippen LogP contribution in [-0.2, 0) is 6.42 Å². The summed E-state index contributed by atoms with van der Waals surface area (Å²) in [4.78, 5) is 3.18. The van der Waals surface area contributed by atoms with Crippen LogP contribution in [0, 0.1) is 6.42 Å². The molecule has 0 fully saturated rings. The monoisotopic (exact) mass is 335 g/mol. The standard InChI is InChI=1S/C20H31S2/c1-4-6-8-9-11-13-17-14-19-20(21-17)15-18(22-19)16(3)12-10-7-5-2/h7,14-16H,4-6,8-13H2,1-3H3. The summed E-state index contributed by atoms with van der Waals surface area (Å²) in [6, 6.07) is 4.92. The van der Waals surface area contributed by atoms with Gasteiger partial charge in [-0.15, -0.1) is 22.7 Å². The highest BCUT2D eigenvalue weighted by Crippen LogP contribution is 2.38. The molecule has 123 valence electrons. The fourth-order valence-corrected chi connectivity index (χ4v) is 5.45. The molecule has 2 heteroatoms. The number of fused-ring (bicyclic) bond motifs is 1. The molecule has 0 spiro atoms. The fraction of sp³-hybridized carbons (Fsp3) is 0.650. The normalized spacial score (nSPS) is 13.0. The molecule has 1 atom stereocenters. The van der Waals surface area contributed by atoms with Crippen molar-refractivity contribution in [3.63, 3.8) is 0 Å². The number of rotatable bonds is 11. The van der Waals surface area contributed by atoms with Gasteiger partial charge in [0.05, 0.1) is 0 Å². The second-order valence-corrected chi connectivity index (χ2v) is 8.71. The lowest BCUT2D eigenvalue weighted by Gasteiger charge is -2.07. The van der Waals surface area contributed by atoms with Crippen LogP contribution >= 0.6 is 22.7 Å². The molecule has 0 aliphatic heterocycles. The van der Waals surface area contributed by atoms with Crippen molar-refractivity contribution >= 4 is 32.1 Å². The third-order valence-corrected chi connectivity index (χ3v) is 6.97. The Kier molecular flexibility index (Phi) is 7.96. The van der Waals surface area contributed by atoms with Crippen molar-refractivity contribution < 1.29 is 0 Å². The average Bonchev–Trinajstić information content (AvgIpc) is 3.05. The number of hydrogen-bond acceptors (Lipinski definition) is 2. The second-order valence-electron chi connectivity index (χ2n) is 6.43. The molecule has 2 aromatic rings. The van der Waals surface area contributed by atoms with E-state index in [1.165, 1.54) is 67.2 Å². The lowest BCUT2D eigenvalue weighted by atomic mass is 10.0. The molecule has 1 unspecified atom stereocenters. The number of thiophene rings is 2. The van der Waals surface area contributed by atoms with Crippen LogP contribution in [-0.4, -0.2) is 0 Å². The Balaban J connectivity index is 1.83. The fourth-order valence-electron chi connectivity index (χ4n) is 2.89. The lowest BCUT2D eigenvalue weighted by molar-refractivity contribution is 0.634. The van der Waals surface area contributed by atoms with Crippen molar-refractivity contribution in [2.75, 3.05) is 0 Å². The predicted octanol–water partition coefficient (Wildman–Crippen LogP) is 7.97. The first-order chi connectivity index (χ1) is 10.7. The zero-order valence-corrected chi connectivity index (χ0v) is 16.1. The Bertz CT molecular complexity index is 503. The van der Waals surface area contributed by atoms with Gasteiger partial charge in [-0.25, -0.2) is 0 Å². The molecule has 1 radical (unpaired) electrons. The minimum Gasteiger partial charge on any atom is -0.139 e. The Morgan fingerprint density at radius 1 is 1.00 bits per heavy atom. The summed E-state index contributed by atoms with van der Waals surface area (Å²) in [5, 5.41) is 0. The van der Waals surface area contributed by atoms with E-state index in [1.807, 2.05) is 22.7 Å². The summed E-state index contributed by atoms with van der Waals surface area (Å²) in [5.74, 6) is 0.713. The van der Waals surface area contributed by atoms with Gasteiger partial charge in [-0.1, -0.05) is 52.9 Å². The van der Waals surface area contributed by atoms with Crippen LogP contribution in [0.15, 0.2) is 12.1 Å². The largest absolute Gasteiger partial charge is 0.139 e. The molecule has 0 N–H and O–H groups in total. The van der Waals surface area contributed by atoms with Crippen LogP contribution in [0.1, 0.15) is 87.8 Å². The molecule has 0 aliphatic rings. The maximum atomic E-state index is 2.46. The molecule has 0 bridgehead atoms. The highest BCUT2D eigenvalue weighted by Gasteiger charge is 2.12. The highest BCUT2D eigenvalue weighted by atomic mass is 32.1. The predicted molar refractivity (Wildman–Crippen MR) is 104 cm³/mol. The van der Waals surface area contributed by atoms with E-state index in [4.69, 9.17) is 0 Å². The van der Waals surface area contributed by atoms with Crippen molar-refractivity contribution in [3.8, 4) is 0 Å². The van der Waals surface area contributed by atoms with Crippen molar-refractivity contribution in [2.24, 2.45) is 0 Å². The molecule has 0 saturated carbocycles. The van der Waals surface area contributed by atoms with E-state index in [1.54, 1.807) is 9.75 Å². The molecular weight excluding hydrogens is 304 g/mol. The first-order valence-corrected chi connectivity index (χ1v) is 10.7. The summed E-state index contributed by atoms with van der Waals surface area (Å²) in [6.45, 7) is 6.90. The third-order valence-electron chi connectivity index (χ3n) is 4.38. The minimum atomic E-state index is 0.713. The third kappa shape index (κ3) is 5.38. The SMILES string of the molecule is CC[CH]CCC(C)c1cc2sc(CCCCCCC)cc2s1. The quantitative estimate of drug-likeness (QED) is 0.365. The van der Waals surface area contributed by atoms with Gasteiger partial charge in [0.15, 0.2) is 0 Å². The van der Waals surface area contributed by atoms with Gasteiger partial charge in [0.2, 0.25) is 0 Å². The Morgan fingerprint density at radius 2 is 1.77 bits per heavy atom. The Morgan fingerprint density at radius 3 is 2.50 bits per heavy atom. The van der Waals surface area contributed by atoms with Gasteiger partial charge in [-0.2, -0.15) is 0 Å². The van der Waals surface area contributed by atoms with Gasteiger partial charge in [0.1, 0.15) is 0 Å². The second kappa shape index (κ2) is 9.72. The van der Waals surface area contributed by atoms with E-state index < -0.39 is 0 Å². The van der Waals surface area contributed by atoms with Gasteiger partial charge < -0.3 is 0 Å². The maximum absolute atomic E-state index is 2.46. The minimum absolute atomic E-state index is 0.713. The lowest BCUT2D eigenvalue weighted by Crippen LogP contribution is -1.90. The van der Waals surface area contributed by atoms with Crippen LogP contribution in [0.25, 0.3) is 9.40 Å². The number of unbranched alkanes of at least 4 members (excludes halogenated alkanes) is 6. The summed E-state index contributed by atoms with van der Waals surface area (Å²) in [7, 11) is 0. The highest BCUT2D eigenvalue weighted by molar-refractivity contribution is 7.27. The summed E-state index contributed by atoms with van der Waals surface area (Å²) in [6.07, 6.45) is 14.4. The van der Waals surface area contributed by atoms with E-state index >= 15 is 0 Å². The molecule has 2 rings (SSSR count). The van der Waals surface area contributed by atoms with Crippen molar-refractivity contribution in [2.45, 2.75) is 84.5 Å². The topological polar surface area (TPSA) is 0 Å². The van der Waals surface area contributed by atoms with Crippen molar-refractivity contribution in [1.29, 1.82) is 0 Å². The van der Waals surface area contributed by atoms with E-state index in [0.717, 1.165) is 0 Å². The first kappa shape index (κ1) is 18.0.